The second-order valence-corrected chi connectivity index (χ2v) is 10.6. The van der Waals surface area contributed by atoms with Crippen LogP contribution in [0.25, 0.3) is 10.9 Å². The van der Waals surface area contributed by atoms with Gasteiger partial charge in [-0.2, -0.15) is 0 Å². The van der Waals surface area contributed by atoms with Crippen molar-refractivity contribution in [3.8, 4) is 5.75 Å². The number of methoxy groups -OCH3 is 1. The Balaban J connectivity index is 1.44. The number of carbonyl (C=O) groups excluding carboxylic acids is 1. The molecule has 1 aliphatic heterocycles. The highest BCUT2D eigenvalue weighted by Gasteiger charge is 2.41. The molecule has 0 bridgehead atoms. The van der Waals surface area contributed by atoms with E-state index in [0.29, 0.717) is 29.5 Å². The van der Waals surface area contributed by atoms with Gasteiger partial charge in [-0.05, 0) is 75.9 Å². The summed E-state index contributed by atoms with van der Waals surface area (Å²) >= 11 is 0. The van der Waals surface area contributed by atoms with Gasteiger partial charge in [-0.1, -0.05) is 32.1 Å². The number of alkyl halides is 2. The van der Waals surface area contributed by atoms with E-state index in [4.69, 9.17) is 4.74 Å². The summed E-state index contributed by atoms with van der Waals surface area (Å²) in [4.78, 5) is 19.4. The lowest BCUT2D eigenvalue weighted by molar-refractivity contribution is -0.143. The van der Waals surface area contributed by atoms with E-state index in [2.05, 4.69) is 9.88 Å². The number of nitrogens with zero attached hydrogens (tertiary/aromatic N) is 2. The number of aromatic nitrogens is 1. The molecule has 1 atom stereocenters. The average Bonchev–Trinajstić information content (AvgIpc) is 2.94. The number of rotatable bonds is 10. The number of amides is 1. The van der Waals surface area contributed by atoms with Gasteiger partial charge < -0.3 is 9.64 Å². The van der Waals surface area contributed by atoms with E-state index in [1.807, 2.05) is 5.48 Å². The maximum Gasteiger partial charge on any atom is 0.249 e. The number of hydroxylamine groups is 1. The Morgan fingerprint density at radius 2 is 2.03 bits per heavy atom. The van der Waals surface area contributed by atoms with Crippen LogP contribution >= 0.6 is 0 Å². The SMILES string of the molecule is COc1ccc2ncc(CF)c(C(F)CCC3(C(=O)NO)CCN(CCC4CCCCC4)CC3)c2c1. The second-order valence-electron chi connectivity index (χ2n) is 10.6. The molecule has 1 aromatic carbocycles. The summed E-state index contributed by atoms with van der Waals surface area (Å²) in [5, 5.41) is 10.00. The lowest BCUT2D eigenvalue weighted by Gasteiger charge is -2.41. The third-order valence-corrected chi connectivity index (χ3v) is 8.51. The molecule has 6 nitrogen and oxygen atoms in total. The first-order chi connectivity index (χ1) is 17.5. The van der Waals surface area contributed by atoms with Crippen LogP contribution in [0.3, 0.4) is 0 Å². The van der Waals surface area contributed by atoms with Crippen molar-refractivity contribution in [3.63, 3.8) is 0 Å². The predicted molar refractivity (Wildman–Crippen MR) is 135 cm³/mol. The summed E-state index contributed by atoms with van der Waals surface area (Å²) in [5.41, 5.74) is 2.05. The smallest absolute Gasteiger partial charge is 0.249 e. The Bertz CT molecular complexity index is 1020. The van der Waals surface area contributed by atoms with E-state index in [0.717, 1.165) is 25.6 Å². The summed E-state index contributed by atoms with van der Waals surface area (Å²) in [7, 11) is 1.53. The van der Waals surface area contributed by atoms with Crippen molar-refractivity contribution in [2.24, 2.45) is 11.3 Å². The number of hydrogen-bond donors (Lipinski definition) is 2. The molecule has 2 aliphatic rings. The van der Waals surface area contributed by atoms with Gasteiger partial charge in [0.15, 0.2) is 0 Å². The van der Waals surface area contributed by atoms with Crippen molar-refractivity contribution >= 4 is 16.8 Å². The third-order valence-electron chi connectivity index (χ3n) is 8.51. The van der Waals surface area contributed by atoms with Crippen molar-refractivity contribution in [2.45, 2.75) is 77.1 Å². The van der Waals surface area contributed by atoms with Crippen LogP contribution in [-0.4, -0.2) is 47.7 Å². The first-order valence-electron chi connectivity index (χ1n) is 13.3. The average molecular weight is 504 g/mol. The van der Waals surface area contributed by atoms with Crippen molar-refractivity contribution in [2.75, 3.05) is 26.7 Å². The molecule has 4 rings (SSSR count). The van der Waals surface area contributed by atoms with Gasteiger partial charge in [0.25, 0.3) is 0 Å². The topological polar surface area (TPSA) is 74.7 Å². The van der Waals surface area contributed by atoms with Gasteiger partial charge in [0.05, 0.1) is 18.0 Å². The molecule has 1 amide bonds. The van der Waals surface area contributed by atoms with Gasteiger partial charge in [-0.15, -0.1) is 0 Å². The summed E-state index contributed by atoms with van der Waals surface area (Å²) in [6.07, 6.45) is 9.22. The molecule has 1 unspecified atom stereocenters. The number of likely N-dealkylation sites (tertiary alicyclic amines) is 1. The van der Waals surface area contributed by atoms with Gasteiger partial charge in [0, 0.05) is 22.7 Å². The zero-order valence-electron chi connectivity index (χ0n) is 21.3. The maximum atomic E-state index is 15.8. The Kier molecular flexibility index (Phi) is 9.12. The van der Waals surface area contributed by atoms with Crippen LogP contribution in [0, 0.1) is 11.3 Å². The number of halogens is 2. The Morgan fingerprint density at radius 1 is 1.28 bits per heavy atom. The van der Waals surface area contributed by atoms with E-state index in [1.54, 1.807) is 18.2 Å². The zero-order valence-corrected chi connectivity index (χ0v) is 21.3. The summed E-state index contributed by atoms with van der Waals surface area (Å²) in [5.74, 6) is 0.899. The van der Waals surface area contributed by atoms with Gasteiger partial charge in [0.1, 0.15) is 18.6 Å². The monoisotopic (exact) mass is 503 g/mol. The molecule has 36 heavy (non-hydrogen) atoms. The summed E-state index contributed by atoms with van der Waals surface area (Å²) in [6.45, 7) is 1.70. The van der Waals surface area contributed by atoms with Crippen LogP contribution in [0.15, 0.2) is 24.4 Å². The fraction of sp³-hybridized carbons (Fsp3) is 0.643. The minimum atomic E-state index is -1.47. The van der Waals surface area contributed by atoms with Crippen LogP contribution in [0.4, 0.5) is 8.78 Å². The maximum absolute atomic E-state index is 15.8. The molecule has 2 heterocycles. The molecule has 1 saturated heterocycles. The van der Waals surface area contributed by atoms with E-state index in [9.17, 15) is 14.4 Å². The van der Waals surface area contributed by atoms with Crippen molar-refractivity contribution in [1.29, 1.82) is 0 Å². The van der Waals surface area contributed by atoms with Crippen molar-refractivity contribution in [1.82, 2.24) is 15.4 Å². The molecule has 2 aromatic rings. The number of benzene rings is 1. The Hall–Kier alpha value is -2.32. The molecular weight excluding hydrogens is 464 g/mol. The van der Waals surface area contributed by atoms with E-state index < -0.39 is 24.2 Å². The Labute approximate surface area is 212 Å². The highest BCUT2D eigenvalue weighted by Crippen LogP contribution is 2.42. The molecule has 0 spiro atoms. The van der Waals surface area contributed by atoms with Crippen molar-refractivity contribution < 1.29 is 23.5 Å². The zero-order chi connectivity index (χ0) is 25.5. The largest absolute Gasteiger partial charge is 0.497 e. The number of pyridine rings is 1. The lowest BCUT2D eigenvalue weighted by Crippen LogP contribution is -2.48. The minimum Gasteiger partial charge on any atom is -0.497 e. The molecule has 1 saturated carbocycles. The van der Waals surface area contributed by atoms with Gasteiger partial charge in [0.2, 0.25) is 5.91 Å². The highest BCUT2D eigenvalue weighted by atomic mass is 19.1. The van der Waals surface area contributed by atoms with Crippen LogP contribution in [-0.2, 0) is 11.5 Å². The lowest BCUT2D eigenvalue weighted by atomic mass is 9.73. The first-order valence-corrected chi connectivity index (χ1v) is 13.3. The Morgan fingerprint density at radius 3 is 2.69 bits per heavy atom. The van der Waals surface area contributed by atoms with Crippen molar-refractivity contribution in [3.05, 3.63) is 35.5 Å². The fourth-order valence-corrected chi connectivity index (χ4v) is 6.14. The quantitative estimate of drug-likeness (QED) is 0.304. The van der Waals surface area contributed by atoms with Crippen LogP contribution in [0.1, 0.15) is 81.5 Å². The molecule has 0 radical (unpaired) electrons. The van der Waals surface area contributed by atoms with E-state index in [-0.39, 0.29) is 24.0 Å². The van der Waals surface area contributed by atoms with Gasteiger partial charge in [-0.25, -0.2) is 14.3 Å². The standard InChI is InChI=1S/C28H39F2N3O3/c1-36-22-7-8-25-23(17-22)26(21(18-29)19-31-25)24(30)9-11-28(27(34)32-35)12-15-33(16-13-28)14-10-20-5-3-2-4-6-20/h7-8,17,19-20,24,35H,2-6,9-16,18H2,1H3,(H,32,34). The molecule has 2 N–H and O–H groups in total. The number of hydrogen-bond acceptors (Lipinski definition) is 5. The molecule has 1 aromatic heterocycles. The molecule has 1 aliphatic carbocycles. The van der Waals surface area contributed by atoms with E-state index >= 15 is 4.39 Å². The number of ether oxygens (including phenoxy) is 1. The van der Waals surface area contributed by atoms with Gasteiger partial charge >= 0.3 is 0 Å². The summed E-state index contributed by atoms with van der Waals surface area (Å²) < 4.78 is 34.9. The van der Waals surface area contributed by atoms with Crippen LogP contribution in [0.5, 0.6) is 5.75 Å². The third kappa shape index (κ3) is 5.97. The second kappa shape index (κ2) is 12.3. The number of piperidine rings is 1. The molecule has 2 fully saturated rings. The minimum absolute atomic E-state index is 0.0544. The van der Waals surface area contributed by atoms with Crippen LogP contribution in [0.2, 0.25) is 0 Å². The first kappa shape index (κ1) is 26.7. The highest BCUT2D eigenvalue weighted by molar-refractivity contribution is 5.85. The normalized spacial score (nSPS) is 19.8. The fourth-order valence-electron chi connectivity index (χ4n) is 6.14. The number of fused-ring (bicyclic) bond motifs is 1. The molecule has 198 valence electrons. The van der Waals surface area contributed by atoms with Gasteiger partial charge in [-0.3, -0.25) is 15.0 Å². The molecular formula is C28H39F2N3O3. The van der Waals surface area contributed by atoms with E-state index in [1.165, 1.54) is 51.8 Å². The summed E-state index contributed by atoms with van der Waals surface area (Å²) in [6, 6.07) is 5.16. The number of nitrogens with one attached hydrogen (secondary N) is 1. The molecule has 8 heteroatoms. The predicted octanol–water partition coefficient (Wildman–Crippen LogP) is 6.06. The van der Waals surface area contributed by atoms with Crippen LogP contribution < -0.4 is 10.2 Å². The number of carbonyl (C=O) groups is 1.